The van der Waals surface area contributed by atoms with Crippen LogP contribution in [0.2, 0.25) is 0 Å². The number of carbonyl (C=O) groups excluding carboxylic acids is 1. The molecule has 1 aromatic carbocycles. The van der Waals surface area contributed by atoms with Crippen molar-refractivity contribution in [2.75, 3.05) is 6.61 Å². The van der Waals surface area contributed by atoms with E-state index in [2.05, 4.69) is 15.9 Å². The predicted octanol–water partition coefficient (Wildman–Crippen LogP) is -1.12. The van der Waals surface area contributed by atoms with Crippen molar-refractivity contribution in [2.45, 2.75) is 26.2 Å². The average molecular weight is 293 g/mol. The smallest absolute Gasteiger partial charge is 0.546 e. The molecule has 0 bridgehead atoms. The van der Waals surface area contributed by atoms with E-state index >= 15 is 0 Å². The average Bonchev–Trinajstić information content (AvgIpc) is 2.14. The summed E-state index contributed by atoms with van der Waals surface area (Å²) in [7, 11) is 0. The molecule has 0 amide bonds. The van der Waals surface area contributed by atoms with Gasteiger partial charge in [-0.15, -0.1) is 0 Å². The van der Waals surface area contributed by atoms with Gasteiger partial charge < -0.3 is 14.6 Å². The molecule has 0 aliphatic heterocycles. The third-order valence-electron chi connectivity index (χ3n) is 2.10. The van der Waals surface area contributed by atoms with Gasteiger partial charge in [-0.25, -0.2) is 0 Å². The number of rotatable bonds is 3. The van der Waals surface area contributed by atoms with Gasteiger partial charge in [0, 0.05) is 10.0 Å². The second-order valence-corrected chi connectivity index (χ2v) is 5.47. The SMILES string of the molecule is CC(C)(C)c1cc(Br)ccc1OCC(=O)[O-].[Li+]. The Morgan fingerprint density at radius 3 is 2.47 bits per heavy atom. The second-order valence-electron chi connectivity index (χ2n) is 4.55. The fourth-order valence-electron chi connectivity index (χ4n) is 1.35. The first-order chi connectivity index (χ1) is 7.30. The van der Waals surface area contributed by atoms with Gasteiger partial charge in [-0.1, -0.05) is 36.7 Å². The molecule has 0 saturated heterocycles. The monoisotopic (exact) mass is 292 g/mol. The molecule has 17 heavy (non-hydrogen) atoms. The van der Waals surface area contributed by atoms with E-state index in [-0.39, 0.29) is 24.3 Å². The van der Waals surface area contributed by atoms with Crippen molar-refractivity contribution >= 4 is 21.9 Å². The van der Waals surface area contributed by atoms with Crippen LogP contribution in [0.15, 0.2) is 22.7 Å². The normalized spacial score (nSPS) is 10.6. The standard InChI is InChI=1S/C12H15BrO3.Li/c1-12(2,3)9-6-8(13)4-5-10(9)16-7-11(14)15;/h4-6H,7H2,1-3H3,(H,14,15);/q;+1/p-1. The quantitative estimate of drug-likeness (QED) is 0.663. The molecule has 0 heterocycles. The van der Waals surface area contributed by atoms with E-state index in [1.54, 1.807) is 6.07 Å². The van der Waals surface area contributed by atoms with E-state index in [9.17, 15) is 9.90 Å². The van der Waals surface area contributed by atoms with E-state index < -0.39 is 12.6 Å². The molecule has 0 radical (unpaired) electrons. The number of carboxylic acid groups (broad SMARTS) is 1. The molecule has 0 fully saturated rings. The minimum atomic E-state index is -1.22. The molecule has 88 valence electrons. The van der Waals surface area contributed by atoms with Crippen LogP contribution in [0, 0.1) is 0 Å². The number of hydrogen-bond acceptors (Lipinski definition) is 3. The Balaban J connectivity index is 0.00000256. The molecule has 0 atom stereocenters. The van der Waals surface area contributed by atoms with Crippen LogP contribution in [0.25, 0.3) is 0 Å². The minimum Gasteiger partial charge on any atom is -0.546 e. The molecule has 1 aromatic rings. The summed E-state index contributed by atoms with van der Waals surface area (Å²) in [6.07, 6.45) is 0. The van der Waals surface area contributed by atoms with E-state index in [0.29, 0.717) is 5.75 Å². The molecule has 0 unspecified atom stereocenters. The molecule has 5 heteroatoms. The summed E-state index contributed by atoms with van der Waals surface area (Å²) in [5.41, 5.74) is 0.855. The van der Waals surface area contributed by atoms with E-state index in [4.69, 9.17) is 4.74 Å². The molecule has 1 rings (SSSR count). The van der Waals surface area contributed by atoms with Crippen LogP contribution >= 0.6 is 15.9 Å². The largest absolute Gasteiger partial charge is 1.00 e. The van der Waals surface area contributed by atoms with Gasteiger partial charge >= 0.3 is 18.9 Å². The third-order valence-corrected chi connectivity index (χ3v) is 2.59. The van der Waals surface area contributed by atoms with E-state index in [0.717, 1.165) is 10.0 Å². The number of carboxylic acids is 1. The zero-order chi connectivity index (χ0) is 12.3. The van der Waals surface area contributed by atoms with Gasteiger partial charge in [-0.3, -0.25) is 0 Å². The van der Waals surface area contributed by atoms with Crippen molar-refractivity contribution in [3.63, 3.8) is 0 Å². The Morgan fingerprint density at radius 1 is 1.41 bits per heavy atom. The predicted molar refractivity (Wildman–Crippen MR) is 63.3 cm³/mol. The Bertz CT molecular complexity index is 399. The molecule has 0 aliphatic rings. The zero-order valence-electron chi connectivity index (χ0n) is 10.5. The fraction of sp³-hybridized carbons (Fsp3) is 0.417. The maximum atomic E-state index is 10.4. The first-order valence-corrected chi connectivity index (χ1v) is 5.72. The number of ether oxygens (including phenoxy) is 1. The fourth-order valence-corrected chi connectivity index (χ4v) is 1.71. The van der Waals surface area contributed by atoms with Crippen molar-refractivity contribution in [1.29, 1.82) is 0 Å². The molecule has 0 aliphatic carbocycles. The number of benzene rings is 1. The van der Waals surface area contributed by atoms with Gasteiger partial charge in [0.25, 0.3) is 0 Å². The summed E-state index contributed by atoms with van der Waals surface area (Å²) < 4.78 is 6.14. The summed E-state index contributed by atoms with van der Waals surface area (Å²) >= 11 is 3.38. The van der Waals surface area contributed by atoms with Crippen molar-refractivity contribution in [3.8, 4) is 5.75 Å². The summed E-state index contributed by atoms with van der Waals surface area (Å²) in [6, 6.07) is 5.51. The molecule has 3 nitrogen and oxygen atoms in total. The van der Waals surface area contributed by atoms with Crippen LogP contribution < -0.4 is 28.7 Å². The van der Waals surface area contributed by atoms with Gasteiger partial charge in [-0.05, 0) is 23.6 Å². The molecular weight excluding hydrogens is 279 g/mol. The van der Waals surface area contributed by atoms with Gasteiger partial charge in [0.15, 0.2) is 0 Å². The van der Waals surface area contributed by atoms with Gasteiger partial charge in [0.2, 0.25) is 0 Å². The van der Waals surface area contributed by atoms with Crippen LogP contribution in [0.3, 0.4) is 0 Å². The number of halogens is 1. The van der Waals surface area contributed by atoms with Gasteiger partial charge in [-0.2, -0.15) is 0 Å². The van der Waals surface area contributed by atoms with E-state index in [1.165, 1.54) is 0 Å². The third kappa shape index (κ3) is 5.16. The summed E-state index contributed by atoms with van der Waals surface area (Å²) in [4.78, 5) is 10.4. The topological polar surface area (TPSA) is 49.4 Å². The van der Waals surface area contributed by atoms with Crippen molar-refractivity contribution in [1.82, 2.24) is 0 Å². The van der Waals surface area contributed by atoms with Gasteiger partial charge in [0.05, 0.1) is 5.97 Å². The molecule has 0 saturated carbocycles. The molecule has 0 N–H and O–H groups in total. The van der Waals surface area contributed by atoms with E-state index in [1.807, 2.05) is 32.9 Å². The number of carbonyl (C=O) groups is 1. The molecule has 0 spiro atoms. The Kier molecular flexibility index (Phi) is 6.32. The number of aliphatic carboxylic acids is 1. The maximum Gasteiger partial charge on any atom is 1.00 e. The first-order valence-electron chi connectivity index (χ1n) is 4.93. The van der Waals surface area contributed by atoms with Crippen molar-refractivity contribution in [2.24, 2.45) is 0 Å². The van der Waals surface area contributed by atoms with Crippen molar-refractivity contribution in [3.05, 3.63) is 28.2 Å². The minimum absolute atomic E-state index is 0. The zero-order valence-corrected chi connectivity index (χ0v) is 12.1. The Hall–Kier alpha value is -0.433. The Labute approximate surface area is 122 Å². The molecule has 0 aromatic heterocycles. The van der Waals surface area contributed by atoms with Crippen molar-refractivity contribution < 1.29 is 33.5 Å². The van der Waals surface area contributed by atoms with Crippen LogP contribution in [-0.4, -0.2) is 12.6 Å². The van der Waals surface area contributed by atoms with Crippen LogP contribution in [0.1, 0.15) is 26.3 Å². The van der Waals surface area contributed by atoms with Gasteiger partial charge in [0.1, 0.15) is 12.4 Å². The van der Waals surface area contributed by atoms with Crippen LogP contribution in [0.4, 0.5) is 0 Å². The summed E-state index contributed by atoms with van der Waals surface area (Å²) in [5, 5.41) is 10.4. The van der Waals surface area contributed by atoms with Crippen LogP contribution in [0.5, 0.6) is 5.75 Å². The maximum absolute atomic E-state index is 10.4. The molecular formula is C12H14BrLiO3. The van der Waals surface area contributed by atoms with Crippen LogP contribution in [-0.2, 0) is 10.2 Å². The second kappa shape index (κ2) is 6.49. The summed E-state index contributed by atoms with van der Waals surface area (Å²) in [6.45, 7) is 5.70. The first kappa shape index (κ1) is 16.6. The Morgan fingerprint density at radius 2 is 2.00 bits per heavy atom. The summed E-state index contributed by atoms with van der Waals surface area (Å²) in [5.74, 6) is -0.636. The number of hydrogen-bond donors (Lipinski definition) is 0.